The number of anilines is 1. The minimum atomic E-state index is -0.987. The predicted octanol–water partition coefficient (Wildman–Crippen LogP) is 2.67. The first kappa shape index (κ1) is 19.0. The zero-order valence-electron chi connectivity index (χ0n) is 16.7. The first-order chi connectivity index (χ1) is 14.4. The molecule has 1 aliphatic heterocycles. The monoisotopic (exact) mass is 431 g/mol. The van der Waals surface area contributed by atoms with Crippen LogP contribution in [0.1, 0.15) is 44.8 Å². The number of halogens is 1. The average molecular weight is 432 g/mol. The summed E-state index contributed by atoms with van der Waals surface area (Å²) in [7, 11) is 0. The van der Waals surface area contributed by atoms with E-state index in [2.05, 4.69) is 27.0 Å². The largest absolute Gasteiger partial charge is 0.393 e. The van der Waals surface area contributed by atoms with Crippen molar-refractivity contribution in [3.63, 3.8) is 0 Å². The summed E-state index contributed by atoms with van der Waals surface area (Å²) in [5.41, 5.74) is 0.997. The van der Waals surface area contributed by atoms with Crippen LogP contribution in [0.3, 0.4) is 0 Å². The van der Waals surface area contributed by atoms with Crippen LogP contribution in [0, 0.1) is 17.8 Å². The minimum Gasteiger partial charge on any atom is -0.393 e. The van der Waals surface area contributed by atoms with Gasteiger partial charge in [-0.05, 0) is 73.5 Å². The fourth-order valence-electron chi connectivity index (χ4n) is 6.75. The van der Waals surface area contributed by atoms with Gasteiger partial charge in [0.25, 0.3) is 0 Å². The number of aliphatic hydroxyl groups excluding tert-OH is 2. The molecule has 9 heteroatoms. The van der Waals surface area contributed by atoms with Crippen molar-refractivity contribution in [2.75, 3.05) is 11.9 Å². The topological polar surface area (TPSA) is 105 Å². The number of ether oxygens (including phenoxy) is 1. The van der Waals surface area contributed by atoms with E-state index in [9.17, 15) is 10.2 Å². The lowest BCUT2D eigenvalue weighted by atomic mass is 9.53. The highest BCUT2D eigenvalue weighted by molar-refractivity contribution is 6.28. The Morgan fingerprint density at radius 3 is 2.47 bits per heavy atom. The van der Waals surface area contributed by atoms with Gasteiger partial charge >= 0.3 is 0 Å². The zero-order chi connectivity index (χ0) is 20.6. The van der Waals surface area contributed by atoms with Gasteiger partial charge in [-0.1, -0.05) is 6.58 Å². The van der Waals surface area contributed by atoms with E-state index in [0.29, 0.717) is 17.0 Å². The second kappa shape index (κ2) is 6.63. The highest BCUT2D eigenvalue weighted by atomic mass is 35.5. The molecule has 2 aromatic heterocycles. The van der Waals surface area contributed by atoms with Crippen molar-refractivity contribution < 1.29 is 14.9 Å². The van der Waals surface area contributed by atoms with E-state index in [1.807, 2.05) is 0 Å². The van der Waals surface area contributed by atoms with E-state index >= 15 is 0 Å². The molecule has 8 nitrogen and oxygen atoms in total. The van der Waals surface area contributed by atoms with Crippen molar-refractivity contribution in [3.05, 3.63) is 23.6 Å². The molecule has 0 radical (unpaired) electrons. The lowest BCUT2D eigenvalue weighted by Gasteiger charge is -2.57. The molecule has 4 bridgehead atoms. The van der Waals surface area contributed by atoms with Gasteiger partial charge in [-0.25, -0.2) is 4.68 Å². The summed E-state index contributed by atoms with van der Waals surface area (Å²) in [6.07, 6.45) is 6.90. The molecule has 3 atom stereocenters. The first-order valence-electron chi connectivity index (χ1n) is 10.8. The molecule has 0 aromatic carbocycles. The Morgan fingerprint density at radius 2 is 1.87 bits per heavy atom. The van der Waals surface area contributed by atoms with Gasteiger partial charge in [0, 0.05) is 5.54 Å². The summed E-state index contributed by atoms with van der Waals surface area (Å²) in [6.45, 7) is 3.59. The smallest absolute Gasteiger partial charge is 0.226 e. The van der Waals surface area contributed by atoms with Crippen LogP contribution in [0.4, 0.5) is 5.82 Å². The molecule has 3 N–H and O–H groups in total. The predicted molar refractivity (Wildman–Crippen MR) is 111 cm³/mol. The van der Waals surface area contributed by atoms with Gasteiger partial charge in [-0.15, -0.1) is 0 Å². The highest BCUT2D eigenvalue weighted by Gasteiger charge is 2.51. The average Bonchev–Trinajstić information content (AvgIpc) is 3.22. The zero-order valence-corrected chi connectivity index (χ0v) is 17.4. The molecule has 5 fully saturated rings. The fraction of sp³-hybridized carbons (Fsp3) is 0.667. The number of fused-ring (bicyclic) bond motifs is 1. The number of hydrogen-bond donors (Lipinski definition) is 3. The molecule has 0 amide bonds. The number of aromatic nitrogens is 4. The van der Waals surface area contributed by atoms with Crippen LogP contribution in [-0.2, 0) is 4.74 Å². The van der Waals surface area contributed by atoms with E-state index in [1.165, 1.54) is 43.2 Å². The van der Waals surface area contributed by atoms with Crippen LogP contribution < -0.4 is 5.32 Å². The molecule has 5 aliphatic rings. The van der Waals surface area contributed by atoms with Crippen molar-refractivity contribution in [2.24, 2.45) is 17.8 Å². The molecule has 3 heterocycles. The van der Waals surface area contributed by atoms with E-state index in [1.54, 1.807) is 6.20 Å². The molecule has 0 spiro atoms. The Morgan fingerprint density at radius 1 is 1.20 bits per heavy atom. The van der Waals surface area contributed by atoms with Crippen LogP contribution in [0.25, 0.3) is 11.0 Å². The lowest BCUT2D eigenvalue weighted by molar-refractivity contribution is -0.0545. The summed E-state index contributed by atoms with van der Waals surface area (Å²) >= 11 is 6.30. The Hall–Kier alpha value is -1.74. The van der Waals surface area contributed by atoms with Crippen LogP contribution in [0.2, 0.25) is 5.28 Å². The van der Waals surface area contributed by atoms with E-state index in [-0.39, 0.29) is 17.4 Å². The fourth-order valence-corrected chi connectivity index (χ4v) is 6.92. The normalized spacial score (nSPS) is 39.9. The van der Waals surface area contributed by atoms with Crippen LogP contribution >= 0.6 is 11.6 Å². The third-order valence-electron chi connectivity index (χ3n) is 7.62. The standard InChI is InChI=1S/C21H26ClN5O3/c1-10-15(9-28)30-19(16(10)29)27-18-14(8-23-27)17(24-20(22)25-18)26-21-5-11-2-12(6-21)4-13(3-11)7-21/h8,11-13,15-16,19,28-29H,1-7,9H2,(H,24,25,26)/t11?,12?,13?,15-,16-,19-,21?/m1/s1. The Kier molecular flexibility index (Phi) is 4.19. The molecule has 4 aliphatic carbocycles. The minimum absolute atomic E-state index is 0.0705. The molecule has 160 valence electrons. The molecule has 4 saturated carbocycles. The number of hydrogen-bond acceptors (Lipinski definition) is 7. The third-order valence-corrected chi connectivity index (χ3v) is 7.79. The maximum absolute atomic E-state index is 10.6. The van der Waals surface area contributed by atoms with Gasteiger partial charge < -0.3 is 20.3 Å². The molecule has 2 aromatic rings. The van der Waals surface area contributed by atoms with Crippen molar-refractivity contribution in [2.45, 2.75) is 62.5 Å². The third kappa shape index (κ3) is 2.81. The van der Waals surface area contributed by atoms with Gasteiger partial charge in [0.1, 0.15) is 18.0 Å². The number of rotatable bonds is 4. The second-order valence-electron chi connectivity index (χ2n) is 9.71. The molecule has 7 rings (SSSR count). The quantitative estimate of drug-likeness (QED) is 0.504. The van der Waals surface area contributed by atoms with Crippen LogP contribution in [0.15, 0.2) is 18.3 Å². The number of nitrogens with zero attached hydrogens (tertiary/aromatic N) is 4. The van der Waals surface area contributed by atoms with Gasteiger partial charge in [0.2, 0.25) is 5.28 Å². The van der Waals surface area contributed by atoms with E-state index < -0.39 is 18.4 Å². The first-order valence-corrected chi connectivity index (χ1v) is 11.1. The Bertz CT molecular complexity index is 988. The molecular weight excluding hydrogens is 406 g/mol. The molecular formula is C21H26ClN5O3. The lowest BCUT2D eigenvalue weighted by Crippen LogP contribution is -2.54. The van der Waals surface area contributed by atoms with E-state index in [4.69, 9.17) is 16.3 Å². The molecule has 30 heavy (non-hydrogen) atoms. The summed E-state index contributed by atoms with van der Waals surface area (Å²) in [6, 6.07) is 0. The number of aliphatic hydroxyl groups is 2. The summed E-state index contributed by atoms with van der Waals surface area (Å²) in [4.78, 5) is 8.89. The Balaban J connectivity index is 1.37. The van der Waals surface area contributed by atoms with Crippen LogP contribution in [-0.4, -0.2) is 54.3 Å². The van der Waals surface area contributed by atoms with Gasteiger partial charge in [-0.3, -0.25) is 0 Å². The summed E-state index contributed by atoms with van der Waals surface area (Å²) < 4.78 is 7.29. The second-order valence-corrected chi connectivity index (χ2v) is 10.0. The molecule has 0 unspecified atom stereocenters. The van der Waals surface area contributed by atoms with Gasteiger partial charge in [0.15, 0.2) is 11.9 Å². The van der Waals surface area contributed by atoms with Crippen molar-refractivity contribution in [1.82, 2.24) is 19.7 Å². The van der Waals surface area contributed by atoms with Crippen molar-refractivity contribution >= 4 is 28.5 Å². The van der Waals surface area contributed by atoms with Crippen molar-refractivity contribution in [3.8, 4) is 0 Å². The van der Waals surface area contributed by atoms with Gasteiger partial charge in [0.05, 0.1) is 18.2 Å². The van der Waals surface area contributed by atoms with Crippen molar-refractivity contribution in [1.29, 1.82) is 0 Å². The maximum atomic E-state index is 10.6. The summed E-state index contributed by atoms with van der Waals surface area (Å²) in [5, 5.41) is 29.1. The Labute approximate surface area is 179 Å². The maximum Gasteiger partial charge on any atom is 0.226 e. The van der Waals surface area contributed by atoms with Gasteiger partial charge in [-0.2, -0.15) is 15.1 Å². The van der Waals surface area contributed by atoms with Crippen LogP contribution in [0.5, 0.6) is 0 Å². The highest BCUT2D eigenvalue weighted by Crippen LogP contribution is 2.56. The summed E-state index contributed by atoms with van der Waals surface area (Å²) in [5.74, 6) is 3.12. The molecule has 1 saturated heterocycles. The SMILES string of the molecule is C=C1[C@@H](O)[C@H](n2ncc3c(NC45CC6CC(CC(C6)C4)C5)nc(Cl)nc32)O[C@@H]1CO. The number of nitrogens with one attached hydrogen (secondary N) is 1. The van der Waals surface area contributed by atoms with E-state index in [0.717, 1.165) is 23.1 Å².